The van der Waals surface area contributed by atoms with Crippen LogP contribution in [0.1, 0.15) is 40.7 Å². The van der Waals surface area contributed by atoms with Crippen LogP contribution < -0.4 is 20.2 Å². The maximum atomic E-state index is 13.5. The largest absolute Gasteiger partial charge is 0.493 e. The maximum Gasteiger partial charge on any atom is 0.418 e. The normalized spacial score (nSPS) is 11.2. The smallest absolute Gasteiger partial charge is 0.418 e. The summed E-state index contributed by atoms with van der Waals surface area (Å²) in [5, 5.41) is 6.54. The van der Waals surface area contributed by atoms with E-state index in [0.29, 0.717) is 23.7 Å². The van der Waals surface area contributed by atoms with E-state index in [1.54, 1.807) is 18.2 Å². The van der Waals surface area contributed by atoms with Crippen molar-refractivity contribution in [2.75, 3.05) is 13.7 Å². The molecule has 0 aliphatic carbocycles. The van der Waals surface area contributed by atoms with Crippen molar-refractivity contribution in [3.8, 4) is 17.2 Å². The summed E-state index contributed by atoms with van der Waals surface area (Å²) in [6.07, 6.45) is -3.81. The van der Waals surface area contributed by atoms with Crippen molar-refractivity contribution in [3.63, 3.8) is 0 Å². The molecule has 180 valence electrons. The van der Waals surface area contributed by atoms with Gasteiger partial charge < -0.3 is 14.8 Å². The Morgan fingerprint density at radius 3 is 2.53 bits per heavy atom. The Kier molecular flexibility index (Phi) is 7.60. The van der Waals surface area contributed by atoms with Gasteiger partial charge in [0.05, 0.1) is 25.0 Å². The number of hydrogen-bond donors (Lipinski definition) is 1. The Morgan fingerprint density at radius 2 is 1.85 bits per heavy atom. The lowest BCUT2D eigenvalue weighted by Crippen LogP contribution is -2.32. The van der Waals surface area contributed by atoms with Crippen LogP contribution in [-0.2, 0) is 12.7 Å². The molecule has 1 N–H and O–H groups in total. The predicted octanol–water partition coefficient (Wildman–Crippen LogP) is 4.29. The fourth-order valence-corrected chi connectivity index (χ4v) is 3.27. The Hall–Kier alpha value is -3.82. The topological polar surface area (TPSA) is 82.5 Å². The molecule has 2 aromatic carbocycles. The zero-order valence-electron chi connectivity index (χ0n) is 18.9. The first-order valence-corrected chi connectivity index (χ1v) is 10.5. The minimum absolute atomic E-state index is 0.0391. The summed E-state index contributed by atoms with van der Waals surface area (Å²) in [6.45, 7) is 3.98. The zero-order valence-corrected chi connectivity index (χ0v) is 18.9. The molecule has 7 nitrogen and oxygen atoms in total. The summed E-state index contributed by atoms with van der Waals surface area (Å²) >= 11 is 0. The van der Waals surface area contributed by atoms with Gasteiger partial charge in [-0.05, 0) is 43.2 Å². The predicted molar refractivity (Wildman–Crippen MR) is 120 cm³/mol. The molecule has 0 saturated carbocycles. The highest BCUT2D eigenvalue weighted by Crippen LogP contribution is 2.33. The van der Waals surface area contributed by atoms with Crippen LogP contribution in [-0.4, -0.2) is 29.4 Å². The Balaban J connectivity index is 1.87. The minimum atomic E-state index is -4.64. The summed E-state index contributed by atoms with van der Waals surface area (Å²) < 4.78 is 52.3. The highest BCUT2D eigenvalue weighted by Gasteiger charge is 2.34. The fraction of sp³-hybridized carbons (Fsp3) is 0.292. The van der Waals surface area contributed by atoms with Crippen LogP contribution >= 0.6 is 0 Å². The number of aryl methyl sites for hydroxylation is 1. The van der Waals surface area contributed by atoms with Gasteiger partial charge in [-0.3, -0.25) is 9.59 Å². The number of nitrogens with one attached hydrogen (secondary N) is 1. The number of nitrogens with zero attached hydrogens (tertiary/aromatic N) is 2. The number of carbonyl (C=O) groups excluding carboxylic acids is 1. The number of hydrogen-bond acceptors (Lipinski definition) is 5. The second-order valence-corrected chi connectivity index (χ2v) is 7.44. The van der Waals surface area contributed by atoms with Crippen LogP contribution in [0, 0.1) is 6.92 Å². The lowest BCUT2D eigenvalue weighted by molar-refractivity contribution is -0.137. The zero-order chi connectivity index (χ0) is 24.9. The van der Waals surface area contributed by atoms with Crippen LogP contribution in [0.5, 0.6) is 11.5 Å². The molecule has 0 spiro atoms. The molecule has 34 heavy (non-hydrogen) atoms. The molecule has 0 bridgehead atoms. The third-order valence-corrected chi connectivity index (χ3v) is 4.90. The first-order chi connectivity index (χ1) is 16.2. The van der Waals surface area contributed by atoms with E-state index in [4.69, 9.17) is 9.47 Å². The third-order valence-electron chi connectivity index (χ3n) is 4.90. The molecule has 0 aliphatic heterocycles. The summed E-state index contributed by atoms with van der Waals surface area (Å²) in [6, 6.07) is 11.0. The first-order valence-electron chi connectivity index (χ1n) is 10.5. The van der Waals surface area contributed by atoms with Gasteiger partial charge >= 0.3 is 6.18 Å². The van der Waals surface area contributed by atoms with E-state index in [-0.39, 0.29) is 17.9 Å². The van der Waals surface area contributed by atoms with Crippen molar-refractivity contribution in [3.05, 3.63) is 81.3 Å². The van der Waals surface area contributed by atoms with E-state index >= 15 is 0 Å². The maximum absolute atomic E-state index is 13.5. The number of aromatic nitrogens is 2. The lowest BCUT2D eigenvalue weighted by Gasteiger charge is -2.16. The van der Waals surface area contributed by atoms with E-state index in [9.17, 15) is 22.8 Å². The number of alkyl halides is 3. The molecule has 0 radical (unpaired) electrons. The average molecular weight is 475 g/mol. The molecular formula is C24H24F3N3O4. The summed E-state index contributed by atoms with van der Waals surface area (Å²) in [7, 11) is 1.49. The molecule has 0 unspecified atom stereocenters. The van der Waals surface area contributed by atoms with Crippen molar-refractivity contribution in [1.29, 1.82) is 0 Å². The Morgan fingerprint density at radius 1 is 1.12 bits per heavy atom. The van der Waals surface area contributed by atoms with Gasteiger partial charge in [-0.2, -0.15) is 18.3 Å². The monoisotopic (exact) mass is 475 g/mol. The van der Waals surface area contributed by atoms with E-state index in [0.717, 1.165) is 23.2 Å². The standard InChI is InChI=1S/C24H24F3N3O4/c1-4-11-34-20-10-9-16(13-21(20)33-3)14-28-23(32)22-19(31)12-15(2)30(29-22)18-8-6-5-7-17(18)24(25,26)27/h5-10,12-13H,4,11,14H2,1-3H3,(H,28,32). The van der Waals surface area contributed by atoms with Gasteiger partial charge in [0.1, 0.15) is 0 Å². The van der Waals surface area contributed by atoms with Gasteiger partial charge in [0, 0.05) is 18.3 Å². The van der Waals surface area contributed by atoms with Gasteiger partial charge in [0.2, 0.25) is 5.43 Å². The molecule has 3 rings (SSSR count). The summed E-state index contributed by atoms with van der Waals surface area (Å²) in [5.74, 6) is 0.235. The number of ether oxygens (including phenoxy) is 2. The van der Waals surface area contributed by atoms with E-state index < -0.39 is 28.8 Å². The van der Waals surface area contributed by atoms with E-state index in [2.05, 4.69) is 10.4 Å². The molecule has 0 saturated heterocycles. The number of benzene rings is 2. The van der Waals surface area contributed by atoms with Gasteiger partial charge in [-0.25, -0.2) is 4.68 Å². The molecule has 10 heteroatoms. The van der Waals surface area contributed by atoms with Crippen molar-refractivity contribution < 1.29 is 27.4 Å². The SMILES string of the molecule is CCCOc1ccc(CNC(=O)c2nn(-c3ccccc3C(F)(F)F)c(C)cc2=O)cc1OC. The number of rotatable bonds is 8. The second kappa shape index (κ2) is 10.4. The molecule has 0 atom stereocenters. The van der Waals surface area contributed by atoms with Gasteiger partial charge in [0.25, 0.3) is 5.91 Å². The van der Waals surface area contributed by atoms with Crippen LogP contribution in [0.15, 0.2) is 53.3 Å². The molecule has 1 heterocycles. The first kappa shape index (κ1) is 24.8. The van der Waals surface area contributed by atoms with Crippen LogP contribution in [0.4, 0.5) is 13.2 Å². The van der Waals surface area contributed by atoms with Crippen molar-refractivity contribution in [2.24, 2.45) is 0 Å². The van der Waals surface area contributed by atoms with E-state index in [1.165, 1.54) is 32.2 Å². The van der Waals surface area contributed by atoms with Gasteiger partial charge in [0.15, 0.2) is 17.2 Å². The third kappa shape index (κ3) is 5.56. The second-order valence-electron chi connectivity index (χ2n) is 7.44. The minimum Gasteiger partial charge on any atom is -0.493 e. The molecule has 3 aromatic rings. The lowest BCUT2D eigenvalue weighted by atomic mass is 10.1. The number of halogens is 3. The molecular weight excluding hydrogens is 451 g/mol. The van der Waals surface area contributed by atoms with Crippen LogP contribution in [0.3, 0.4) is 0 Å². The number of methoxy groups -OCH3 is 1. The Bertz CT molecular complexity index is 1240. The highest BCUT2D eigenvalue weighted by atomic mass is 19.4. The molecule has 0 fully saturated rings. The Labute approximate surface area is 194 Å². The van der Waals surface area contributed by atoms with Gasteiger partial charge in [-0.15, -0.1) is 0 Å². The van der Waals surface area contributed by atoms with E-state index in [1.807, 2.05) is 6.92 Å². The molecule has 1 aromatic heterocycles. The highest BCUT2D eigenvalue weighted by molar-refractivity contribution is 5.92. The summed E-state index contributed by atoms with van der Waals surface area (Å²) in [5.41, 5.74) is -1.60. The summed E-state index contributed by atoms with van der Waals surface area (Å²) in [4.78, 5) is 25.1. The van der Waals surface area contributed by atoms with Crippen LogP contribution in [0.2, 0.25) is 0 Å². The van der Waals surface area contributed by atoms with Crippen molar-refractivity contribution in [2.45, 2.75) is 33.0 Å². The quantitative estimate of drug-likeness (QED) is 0.526. The number of carbonyl (C=O) groups is 1. The van der Waals surface area contributed by atoms with Crippen molar-refractivity contribution >= 4 is 5.91 Å². The fourth-order valence-electron chi connectivity index (χ4n) is 3.27. The van der Waals surface area contributed by atoms with Crippen LogP contribution in [0.25, 0.3) is 5.69 Å². The number of para-hydroxylation sites is 1. The molecule has 1 amide bonds. The number of amides is 1. The van der Waals surface area contributed by atoms with Gasteiger partial charge in [-0.1, -0.05) is 25.1 Å². The average Bonchev–Trinajstić information content (AvgIpc) is 2.81. The molecule has 0 aliphatic rings. The van der Waals surface area contributed by atoms with Crippen molar-refractivity contribution in [1.82, 2.24) is 15.1 Å².